The van der Waals surface area contributed by atoms with Crippen LogP contribution in [0.5, 0.6) is 0 Å². The number of carbonyl (C=O) groups excluding carboxylic acids is 1. The van der Waals surface area contributed by atoms with E-state index in [-0.39, 0.29) is 24.2 Å². The Balaban J connectivity index is 0.00000220. The third-order valence-electron chi connectivity index (χ3n) is 4.09. The van der Waals surface area contributed by atoms with E-state index in [4.69, 9.17) is 0 Å². The van der Waals surface area contributed by atoms with Gasteiger partial charge in [-0.1, -0.05) is 0 Å². The number of rotatable bonds is 5. The normalized spacial score (nSPS) is 26.4. The second kappa shape index (κ2) is 8.31. The van der Waals surface area contributed by atoms with Crippen LogP contribution in [0.3, 0.4) is 0 Å². The van der Waals surface area contributed by atoms with E-state index < -0.39 is 10.0 Å². The van der Waals surface area contributed by atoms with E-state index in [1.807, 2.05) is 4.90 Å². The molecule has 2 aliphatic rings. The summed E-state index contributed by atoms with van der Waals surface area (Å²) in [6, 6.07) is 0.331. The summed E-state index contributed by atoms with van der Waals surface area (Å²) < 4.78 is 24.8. The highest BCUT2D eigenvalue weighted by atomic mass is 35.5. The quantitative estimate of drug-likeness (QED) is 0.757. The van der Waals surface area contributed by atoms with Crippen LogP contribution in [0.2, 0.25) is 0 Å². The minimum atomic E-state index is -3.14. The number of nitrogens with one attached hydrogen (secondary N) is 2. The molecule has 2 heterocycles. The zero-order valence-corrected chi connectivity index (χ0v) is 14.1. The lowest BCUT2D eigenvalue weighted by atomic mass is 9.97. The first kappa shape index (κ1) is 18.7. The minimum absolute atomic E-state index is 0. The Morgan fingerprint density at radius 2 is 2.10 bits per heavy atom. The van der Waals surface area contributed by atoms with E-state index >= 15 is 0 Å². The molecule has 0 saturated carbocycles. The largest absolute Gasteiger partial charge is 0.342 e. The number of nitrogens with zero attached hydrogens (tertiary/aromatic N) is 1. The fourth-order valence-corrected chi connectivity index (χ4v) is 3.54. The molecule has 0 aromatic rings. The van der Waals surface area contributed by atoms with Crippen molar-refractivity contribution in [1.82, 2.24) is 14.9 Å². The van der Waals surface area contributed by atoms with Crippen LogP contribution < -0.4 is 10.0 Å². The fraction of sp³-hybridized carbons (Fsp3) is 0.923. The van der Waals surface area contributed by atoms with Crippen molar-refractivity contribution in [3.05, 3.63) is 0 Å². The summed E-state index contributed by atoms with van der Waals surface area (Å²) in [6.07, 6.45) is 5.92. The van der Waals surface area contributed by atoms with Gasteiger partial charge in [-0.3, -0.25) is 4.79 Å². The van der Waals surface area contributed by atoms with Gasteiger partial charge in [-0.15, -0.1) is 12.4 Å². The molecule has 21 heavy (non-hydrogen) atoms. The summed E-state index contributed by atoms with van der Waals surface area (Å²) in [6.45, 7) is 2.93. The van der Waals surface area contributed by atoms with Crippen molar-refractivity contribution in [3.63, 3.8) is 0 Å². The first-order valence-electron chi connectivity index (χ1n) is 7.40. The second-order valence-corrected chi connectivity index (χ2v) is 7.80. The second-order valence-electron chi connectivity index (χ2n) is 5.97. The van der Waals surface area contributed by atoms with Crippen molar-refractivity contribution in [2.45, 2.75) is 38.1 Å². The highest BCUT2D eigenvalue weighted by Crippen LogP contribution is 2.18. The fourth-order valence-electron chi connectivity index (χ4n) is 3.00. The maximum absolute atomic E-state index is 12.2. The third kappa shape index (κ3) is 6.50. The number of likely N-dealkylation sites (tertiary alicyclic amines) is 1. The van der Waals surface area contributed by atoms with E-state index in [9.17, 15) is 13.2 Å². The van der Waals surface area contributed by atoms with Gasteiger partial charge in [-0.2, -0.15) is 0 Å². The lowest BCUT2D eigenvalue weighted by molar-refractivity contribution is -0.133. The molecule has 0 bridgehead atoms. The Labute approximate surface area is 133 Å². The smallest absolute Gasteiger partial charge is 0.224 e. The molecule has 6 nitrogen and oxygen atoms in total. The summed E-state index contributed by atoms with van der Waals surface area (Å²) in [5, 5.41) is 3.34. The number of hydrogen-bond acceptors (Lipinski definition) is 4. The number of sulfonamides is 1. The Kier molecular flexibility index (Phi) is 7.39. The molecule has 2 unspecified atom stereocenters. The van der Waals surface area contributed by atoms with Crippen molar-refractivity contribution in [1.29, 1.82) is 0 Å². The van der Waals surface area contributed by atoms with Crippen LogP contribution in [0.25, 0.3) is 0 Å². The molecule has 2 saturated heterocycles. The van der Waals surface area contributed by atoms with Gasteiger partial charge in [0, 0.05) is 32.1 Å². The van der Waals surface area contributed by atoms with Gasteiger partial charge in [0.2, 0.25) is 15.9 Å². The van der Waals surface area contributed by atoms with Crippen molar-refractivity contribution >= 4 is 28.3 Å². The van der Waals surface area contributed by atoms with E-state index in [0.717, 1.165) is 38.8 Å². The van der Waals surface area contributed by atoms with Gasteiger partial charge < -0.3 is 10.2 Å². The molecule has 2 aliphatic heterocycles. The molecule has 2 rings (SSSR count). The molecule has 0 radical (unpaired) electrons. The van der Waals surface area contributed by atoms with Crippen LogP contribution >= 0.6 is 12.4 Å². The Bertz CT molecular complexity index is 438. The van der Waals surface area contributed by atoms with Gasteiger partial charge in [0.1, 0.15) is 0 Å². The lowest BCUT2D eigenvalue weighted by Gasteiger charge is -2.33. The van der Waals surface area contributed by atoms with Crippen LogP contribution in [0.4, 0.5) is 0 Å². The lowest BCUT2D eigenvalue weighted by Crippen LogP contribution is -2.45. The van der Waals surface area contributed by atoms with Gasteiger partial charge in [-0.25, -0.2) is 13.1 Å². The molecule has 0 spiro atoms. The van der Waals surface area contributed by atoms with E-state index in [0.29, 0.717) is 25.6 Å². The van der Waals surface area contributed by atoms with Crippen molar-refractivity contribution in [2.75, 3.05) is 32.4 Å². The first-order chi connectivity index (χ1) is 9.44. The predicted molar refractivity (Wildman–Crippen MR) is 85.0 cm³/mol. The number of piperidine rings is 1. The van der Waals surface area contributed by atoms with Crippen molar-refractivity contribution in [2.24, 2.45) is 5.92 Å². The SMILES string of the molecule is CS(=O)(=O)NCC1CCCN(C(=O)CC2CCCN2)C1.Cl. The maximum atomic E-state index is 12.2. The molecular formula is C13H26ClN3O3S. The number of carbonyl (C=O) groups is 1. The number of hydrogen-bond donors (Lipinski definition) is 2. The van der Waals surface area contributed by atoms with E-state index in [2.05, 4.69) is 10.0 Å². The predicted octanol–water partition coefficient (Wildman–Crippen LogP) is 0.338. The summed E-state index contributed by atoms with van der Waals surface area (Å²) in [7, 11) is -3.14. The van der Waals surface area contributed by atoms with Crippen LogP contribution in [0, 0.1) is 5.92 Å². The Morgan fingerprint density at radius 1 is 1.33 bits per heavy atom. The van der Waals surface area contributed by atoms with E-state index in [1.54, 1.807) is 0 Å². The van der Waals surface area contributed by atoms with Gasteiger partial charge in [-0.05, 0) is 38.1 Å². The molecule has 2 N–H and O–H groups in total. The van der Waals surface area contributed by atoms with Gasteiger partial charge in [0.25, 0.3) is 0 Å². The van der Waals surface area contributed by atoms with Crippen LogP contribution in [-0.4, -0.2) is 57.7 Å². The van der Waals surface area contributed by atoms with Crippen LogP contribution in [0.15, 0.2) is 0 Å². The molecule has 0 aromatic heterocycles. The molecular weight excluding hydrogens is 314 g/mol. The third-order valence-corrected chi connectivity index (χ3v) is 4.78. The van der Waals surface area contributed by atoms with Gasteiger partial charge in [0.15, 0.2) is 0 Å². The molecule has 2 fully saturated rings. The molecule has 124 valence electrons. The monoisotopic (exact) mass is 339 g/mol. The summed E-state index contributed by atoms with van der Waals surface area (Å²) in [4.78, 5) is 14.1. The first-order valence-corrected chi connectivity index (χ1v) is 9.29. The molecule has 1 amide bonds. The standard InChI is InChI=1S/C13H25N3O3S.ClH/c1-20(18,19)15-9-11-4-3-7-16(10-11)13(17)8-12-5-2-6-14-12;/h11-12,14-15H,2-10H2,1H3;1H. The Morgan fingerprint density at radius 3 is 2.71 bits per heavy atom. The summed E-state index contributed by atoms with van der Waals surface area (Å²) in [5.74, 6) is 0.437. The number of halogens is 1. The average Bonchev–Trinajstić information content (AvgIpc) is 2.89. The summed E-state index contributed by atoms with van der Waals surface area (Å²) >= 11 is 0. The van der Waals surface area contributed by atoms with E-state index in [1.165, 1.54) is 6.26 Å². The average molecular weight is 340 g/mol. The van der Waals surface area contributed by atoms with Crippen LogP contribution in [0.1, 0.15) is 32.1 Å². The van der Waals surface area contributed by atoms with Crippen molar-refractivity contribution < 1.29 is 13.2 Å². The molecule has 0 aliphatic carbocycles. The summed E-state index contributed by atoms with van der Waals surface area (Å²) in [5.41, 5.74) is 0. The highest BCUT2D eigenvalue weighted by molar-refractivity contribution is 7.88. The minimum Gasteiger partial charge on any atom is -0.342 e. The molecule has 2 atom stereocenters. The Hall–Kier alpha value is -0.370. The van der Waals surface area contributed by atoms with Crippen molar-refractivity contribution in [3.8, 4) is 0 Å². The zero-order chi connectivity index (χ0) is 14.6. The van der Waals surface area contributed by atoms with Gasteiger partial charge >= 0.3 is 0 Å². The topological polar surface area (TPSA) is 78.5 Å². The maximum Gasteiger partial charge on any atom is 0.224 e. The molecule has 8 heteroatoms. The number of amides is 1. The van der Waals surface area contributed by atoms with Gasteiger partial charge in [0.05, 0.1) is 6.26 Å². The van der Waals surface area contributed by atoms with Crippen LogP contribution in [-0.2, 0) is 14.8 Å². The highest BCUT2D eigenvalue weighted by Gasteiger charge is 2.26. The molecule has 0 aromatic carbocycles. The zero-order valence-electron chi connectivity index (χ0n) is 12.5.